The van der Waals surface area contributed by atoms with Gasteiger partial charge in [-0.1, -0.05) is 17.7 Å². The fourth-order valence-electron chi connectivity index (χ4n) is 3.77. The summed E-state index contributed by atoms with van der Waals surface area (Å²) in [6, 6.07) is 8.79. The van der Waals surface area contributed by atoms with Gasteiger partial charge in [-0.3, -0.25) is 0 Å². The summed E-state index contributed by atoms with van der Waals surface area (Å²) in [7, 11) is -3.36. The molecule has 36 heavy (non-hydrogen) atoms. The number of nitrogens with zero attached hydrogens (tertiary/aromatic N) is 1. The average molecular weight is 525 g/mol. The highest BCUT2D eigenvalue weighted by molar-refractivity contribution is 7.90. The molecule has 1 aromatic heterocycles. The molecule has 9 nitrogen and oxygen atoms in total. The van der Waals surface area contributed by atoms with Crippen LogP contribution in [0.2, 0.25) is 0 Å². The molecular formula is C23H18F3NO8S. The van der Waals surface area contributed by atoms with Crippen LogP contribution in [0.15, 0.2) is 47.4 Å². The second-order valence-electron chi connectivity index (χ2n) is 7.58. The van der Waals surface area contributed by atoms with Gasteiger partial charge in [-0.15, -0.1) is 0 Å². The quantitative estimate of drug-likeness (QED) is 0.460. The average Bonchev–Trinajstić information content (AvgIpc) is 3.45. The van der Waals surface area contributed by atoms with Gasteiger partial charge in [0, 0.05) is 5.56 Å². The smallest absolute Gasteiger partial charge is 0.433 e. The normalized spacial score (nSPS) is 12.9. The molecule has 2 aromatic carbocycles. The standard InChI is InChI=1S/C23H18F3NO8S/c1-12-4-7-14(8-5-12)36(30,31)27-19(13-6-9-15-16(10-13)35-11-34-15)17(21(28)32-2)18(22(29)33-3)20(27)23(24,25)26/h4-10H,11H2,1-3H3. The van der Waals surface area contributed by atoms with Crippen molar-refractivity contribution in [2.45, 2.75) is 18.0 Å². The second-order valence-corrected chi connectivity index (χ2v) is 9.37. The summed E-state index contributed by atoms with van der Waals surface area (Å²) in [4.78, 5) is 24.9. The van der Waals surface area contributed by atoms with Crippen molar-refractivity contribution in [2.24, 2.45) is 0 Å². The molecule has 0 radical (unpaired) electrons. The molecule has 0 amide bonds. The van der Waals surface area contributed by atoms with E-state index in [0.717, 1.165) is 26.4 Å². The number of hydrogen-bond donors (Lipinski definition) is 0. The second kappa shape index (κ2) is 8.90. The fraction of sp³-hybridized carbons (Fsp3) is 0.217. The molecule has 0 fully saturated rings. The minimum Gasteiger partial charge on any atom is -0.465 e. The van der Waals surface area contributed by atoms with Gasteiger partial charge in [0.15, 0.2) is 17.2 Å². The lowest BCUT2D eigenvalue weighted by Gasteiger charge is -2.17. The number of aromatic nitrogens is 1. The molecule has 0 N–H and O–H groups in total. The van der Waals surface area contributed by atoms with Crippen LogP contribution in [0.1, 0.15) is 32.0 Å². The number of ether oxygens (including phenoxy) is 4. The van der Waals surface area contributed by atoms with Crippen molar-refractivity contribution in [1.29, 1.82) is 0 Å². The van der Waals surface area contributed by atoms with Crippen LogP contribution < -0.4 is 9.47 Å². The Hall–Kier alpha value is -4.00. The number of fused-ring (bicyclic) bond motifs is 1. The van der Waals surface area contributed by atoms with E-state index in [2.05, 4.69) is 9.47 Å². The first-order chi connectivity index (χ1) is 16.9. The van der Waals surface area contributed by atoms with Crippen LogP contribution in [-0.4, -0.2) is 45.3 Å². The molecule has 1 aliphatic rings. The summed E-state index contributed by atoms with van der Waals surface area (Å²) in [5.74, 6) is -2.62. The van der Waals surface area contributed by atoms with Crippen molar-refractivity contribution >= 4 is 22.0 Å². The summed E-state index contributed by atoms with van der Waals surface area (Å²) in [5.41, 5.74) is -4.45. The number of benzene rings is 2. The van der Waals surface area contributed by atoms with E-state index in [-0.39, 0.29) is 27.8 Å². The summed E-state index contributed by atoms with van der Waals surface area (Å²) < 4.78 is 90.6. The van der Waals surface area contributed by atoms with Gasteiger partial charge in [-0.05, 0) is 37.3 Å². The molecule has 3 aromatic rings. The summed E-state index contributed by atoms with van der Waals surface area (Å²) in [6.07, 6.45) is -5.42. The Balaban J connectivity index is 2.22. The number of hydrogen-bond acceptors (Lipinski definition) is 8. The summed E-state index contributed by atoms with van der Waals surface area (Å²) in [6.45, 7) is 1.49. The van der Waals surface area contributed by atoms with Gasteiger partial charge in [-0.25, -0.2) is 22.0 Å². The molecule has 4 rings (SSSR count). The Kier molecular flexibility index (Phi) is 6.20. The third-order valence-electron chi connectivity index (χ3n) is 5.38. The van der Waals surface area contributed by atoms with Crippen molar-refractivity contribution in [1.82, 2.24) is 3.97 Å². The summed E-state index contributed by atoms with van der Waals surface area (Å²) >= 11 is 0. The number of alkyl halides is 3. The van der Waals surface area contributed by atoms with Gasteiger partial charge in [0.05, 0.1) is 24.8 Å². The van der Waals surface area contributed by atoms with Crippen molar-refractivity contribution in [3.8, 4) is 22.8 Å². The van der Waals surface area contributed by atoms with E-state index in [0.29, 0.717) is 5.56 Å². The molecule has 0 atom stereocenters. The Morgan fingerprint density at radius 3 is 2.08 bits per heavy atom. The molecule has 0 saturated carbocycles. The maximum atomic E-state index is 14.5. The maximum absolute atomic E-state index is 14.5. The fourth-order valence-corrected chi connectivity index (χ4v) is 5.33. The third-order valence-corrected chi connectivity index (χ3v) is 7.10. The van der Waals surface area contributed by atoms with E-state index in [1.54, 1.807) is 6.92 Å². The van der Waals surface area contributed by atoms with Crippen molar-refractivity contribution in [3.63, 3.8) is 0 Å². The van der Waals surface area contributed by atoms with Gasteiger partial charge < -0.3 is 18.9 Å². The van der Waals surface area contributed by atoms with Gasteiger partial charge >= 0.3 is 18.1 Å². The minimum atomic E-state index is -5.42. The number of rotatable bonds is 5. The Labute approximate surface area is 203 Å². The monoisotopic (exact) mass is 525 g/mol. The first kappa shape index (κ1) is 25.1. The van der Waals surface area contributed by atoms with Crippen molar-refractivity contribution in [2.75, 3.05) is 21.0 Å². The topological polar surface area (TPSA) is 110 Å². The van der Waals surface area contributed by atoms with Crippen LogP contribution >= 0.6 is 0 Å². The molecule has 190 valence electrons. The molecular weight excluding hydrogens is 507 g/mol. The highest BCUT2D eigenvalue weighted by Gasteiger charge is 2.48. The largest absolute Gasteiger partial charge is 0.465 e. The highest BCUT2D eigenvalue weighted by atomic mass is 32.2. The SMILES string of the molecule is COC(=O)c1c(C(=O)OC)c(C(F)(F)F)n(S(=O)(=O)c2ccc(C)cc2)c1-c1ccc2c(c1)OCO2. The number of esters is 2. The van der Waals surface area contributed by atoms with E-state index < -0.39 is 55.5 Å². The number of aryl methyl sites for hydroxylation is 1. The lowest BCUT2D eigenvalue weighted by Crippen LogP contribution is -2.24. The number of methoxy groups -OCH3 is 2. The zero-order valence-electron chi connectivity index (χ0n) is 19.0. The zero-order valence-corrected chi connectivity index (χ0v) is 19.8. The Bertz CT molecular complexity index is 1470. The van der Waals surface area contributed by atoms with Gasteiger partial charge in [-0.2, -0.15) is 13.2 Å². The number of halogens is 3. The first-order valence-corrected chi connectivity index (χ1v) is 11.6. The predicted octanol–water partition coefficient (Wildman–Crippen LogP) is 4.02. The minimum absolute atomic E-state index is 0.0757. The summed E-state index contributed by atoms with van der Waals surface area (Å²) in [5, 5.41) is 0. The van der Waals surface area contributed by atoms with Crippen molar-refractivity contribution < 1.29 is 50.1 Å². The lowest BCUT2D eigenvalue weighted by atomic mass is 10.0. The molecule has 1 aliphatic heterocycles. The van der Waals surface area contributed by atoms with Crippen LogP contribution in [0.4, 0.5) is 13.2 Å². The number of carbonyl (C=O) groups is 2. The van der Waals surface area contributed by atoms with E-state index in [4.69, 9.17) is 9.47 Å². The third kappa shape index (κ3) is 4.04. The molecule has 0 aliphatic carbocycles. The van der Waals surface area contributed by atoms with Gasteiger partial charge in [0.2, 0.25) is 6.79 Å². The van der Waals surface area contributed by atoms with Crippen LogP contribution in [0.5, 0.6) is 11.5 Å². The van der Waals surface area contributed by atoms with Gasteiger partial charge in [0.1, 0.15) is 11.1 Å². The predicted molar refractivity (Wildman–Crippen MR) is 117 cm³/mol. The lowest BCUT2D eigenvalue weighted by molar-refractivity contribution is -0.142. The molecule has 2 heterocycles. The number of carbonyl (C=O) groups excluding carboxylic acids is 2. The van der Waals surface area contributed by atoms with Gasteiger partial charge in [0.25, 0.3) is 10.0 Å². The van der Waals surface area contributed by atoms with Crippen LogP contribution in [0, 0.1) is 6.92 Å². The first-order valence-electron chi connectivity index (χ1n) is 10.2. The molecule has 0 unspecified atom stereocenters. The molecule has 0 saturated heterocycles. The zero-order chi connectivity index (χ0) is 26.4. The van der Waals surface area contributed by atoms with E-state index in [1.807, 2.05) is 0 Å². The van der Waals surface area contributed by atoms with Crippen LogP contribution in [-0.2, 0) is 25.7 Å². The Morgan fingerprint density at radius 1 is 0.917 bits per heavy atom. The van der Waals surface area contributed by atoms with Crippen molar-refractivity contribution in [3.05, 3.63) is 64.8 Å². The van der Waals surface area contributed by atoms with Crippen LogP contribution in [0.3, 0.4) is 0 Å². The Morgan fingerprint density at radius 2 is 1.50 bits per heavy atom. The molecule has 0 spiro atoms. The van der Waals surface area contributed by atoms with E-state index in [1.165, 1.54) is 30.3 Å². The highest BCUT2D eigenvalue weighted by Crippen LogP contribution is 2.45. The maximum Gasteiger partial charge on any atom is 0.433 e. The molecule has 13 heteroatoms. The van der Waals surface area contributed by atoms with E-state index >= 15 is 0 Å². The van der Waals surface area contributed by atoms with E-state index in [9.17, 15) is 31.2 Å². The van der Waals surface area contributed by atoms with Crippen LogP contribution in [0.25, 0.3) is 11.3 Å². The molecule has 0 bridgehead atoms.